The summed E-state index contributed by atoms with van der Waals surface area (Å²) in [6.45, 7) is -0.126. The summed E-state index contributed by atoms with van der Waals surface area (Å²) in [5, 5.41) is 10.5. The van der Waals surface area contributed by atoms with E-state index in [1.165, 1.54) is 0 Å². The smallest absolute Gasteiger partial charge is 0.374 e. The first kappa shape index (κ1) is 23.9. The lowest BCUT2D eigenvalue weighted by Gasteiger charge is -2.36. The van der Waals surface area contributed by atoms with Crippen molar-refractivity contribution in [3.8, 4) is 0 Å². The molecule has 0 saturated carbocycles. The molecule has 2 atom stereocenters. The van der Waals surface area contributed by atoms with E-state index >= 15 is 0 Å². The number of hydrogen-bond acceptors (Lipinski definition) is 6. The molecule has 3 rings (SSSR count). The number of alkyl halides is 3. The fraction of sp³-hybridized carbons (Fsp3) is 0.500. The molecule has 2 saturated heterocycles. The first-order valence-corrected chi connectivity index (χ1v) is 9.24. The highest BCUT2D eigenvalue weighted by molar-refractivity contribution is 6.01. The van der Waals surface area contributed by atoms with Crippen LogP contribution in [0.1, 0.15) is 12.8 Å². The third-order valence-corrected chi connectivity index (χ3v) is 4.81. The van der Waals surface area contributed by atoms with E-state index in [0.29, 0.717) is 24.3 Å². The number of benzene rings is 1. The standard InChI is InChI=1S/C18H22F3N5O3.ClH/c19-18(20,21)14-9-22-6-7-26(14)10-16(28)24-12-3-1-2-11(8-12)23-13-4-5-15(27)25-17(13)29;/h1-3,8,13-14,22-23H,4-7,9-10H2,(H,24,28)(H,25,27,29);1H/t13?,14-;/m1./s1. The van der Waals surface area contributed by atoms with Crippen molar-refractivity contribution in [1.82, 2.24) is 15.5 Å². The number of piperidine rings is 1. The van der Waals surface area contributed by atoms with E-state index in [4.69, 9.17) is 0 Å². The summed E-state index contributed by atoms with van der Waals surface area (Å²) < 4.78 is 39.4. The van der Waals surface area contributed by atoms with Crippen molar-refractivity contribution in [3.63, 3.8) is 0 Å². The number of halogens is 4. The number of carbonyl (C=O) groups excluding carboxylic acids is 3. The number of nitrogens with zero attached hydrogens (tertiary/aromatic N) is 1. The molecule has 2 fully saturated rings. The van der Waals surface area contributed by atoms with Crippen molar-refractivity contribution in [1.29, 1.82) is 0 Å². The van der Waals surface area contributed by atoms with Gasteiger partial charge in [-0.1, -0.05) is 6.07 Å². The van der Waals surface area contributed by atoms with E-state index in [2.05, 4.69) is 21.3 Å². The summed E-state index contributed by atoms with van der Waals surface area (Å²) in [4.78, 5) is 36.4. The average Bonchev–Trinajstić information content (AvgIpc) is 2.64. The highest BCUT2D eigenvalue weighted by atomic mass is 35.5. The van der Waals surface area contributed by atoms with Crippen LogP contribution in [0, 0.1) is 0 Å². The molecule has 1 aromatic rings. The van der Waals surface area contributed by atoms with Crippen molar-refractivity contribution in [2.75, 3.05) is 36.8 Å². The lowest BCUT2D eigenvalue weighted by molar-refractivity contribution is -0.187. The SMILES string of the molecule is Cl.O=C1CCC(Nc2cccc(NC(=O)CN3CCNC[C@@H]3C(F)(F)F)c2)C(=O)N1. The molecular formula is C18H23ClF3N5O3. The number of rotatable bonds is 5. The van der Waals surface area contributed by atoms with E-state index in [1.807, 2.05) is 0 Å². The highest BCUT2D eigenvalue weighted by Gasteiger charge is 2.45. The maximum atomic E-state index is 13.1. The molecule has 166 valence electrons. The van der Waals surface area contributed by atoms with Gasteiger partial charge in [0.2, 0.25) is 17.7 Å². The largest absolute Gasteiger partial charge is 0.405 e. The molecule has 8 nitrogen and oxygen atoms in total. The quantitative estimate of drug-likeness (QED) is 0.502. The fourth-order valence-corrected chi connectivity index (χ4v) is 3.36. The monoisotopic (exact) mass is 449 g/mol. The minimum Gasteiger partial charge on any atom is -0.374 e. The Labute approximate surface area is 177 Å². The number of hydrogen-bond donors (Lipinski definition) is 4. The maximum Gasteiger partial charge on any atom is 0.405 e. The van der Waals surface area contributed by atoms with Crippen LogP contribution in [0.15, 0.2) is 24.3 Å². The van der Waals surface area contributed by atoms with Crippen LogP contribution < -0.4 is 21.3 Å². The Balaban J connectivity index is 0.00000320. The molecular weight excluding hydrogens is 427 g/mol. The van der Waals surface area contributed by atoms with E-state index in [9.17, 15) is 27.6 Å². The van der Waals surface area contributed by atoms with Gasteiger partial charge >= 0.3 is 6.18 Å². The topological polar surface area (TPSA) is 103 Å². The number of amides is 3. The van der Waals surface area contributed by atoms with Gasteiger partial charge in [0.1, 0.15) is 12.1 Å². The molecule has 0 aromatic heterocycles. The van der Waals surface area contributed by atoms with Crippen LogP contribution in [-0.4, -0.2) is 67.1 Å². The van der Waals surface area contributed by atoms with Gasteiger partial charge in [-0.05, 0) is 24.6 Å². The van der Waals surface area contributed by atoms with Crippen molar-refractivity contribution in [3.05, 3.63) is 24.3 Å². The van der Waals surface area contributed by atoms with Crippen LogP contribution in [0.3, 0.4) is 0 Å². The highest BCUT2D eigenvalue weighted by Crippen LogP contribution is 2.26. The molecule has 1 aromatic carbocycles. The Morgan fingerprint density at radius 2 is 1.97 bits per heavy atom. The van der Waals surface area contributed by atoms with Crippen molar-refractivity contribution < 1.29 is 27.6 Å². The van der Waals surface area contributed by atoms with Gasteiger partial charge in [0.05, 0.1) is 6.54 Å². The summed E-state index contributed by atoms with van der Waals surface area (Å²) in [5.74, 6) is -1.30. The molecule has 2 heterocycles. The van der Waals surface area contributed by atoms with Crippen LogP contribution in [0.5, 0.6) is 0 Å². The summed E-state index contributed by atoms with van der Waals surface area (Å²) >= 11 is 0. The zero-order chi connectivity index (χ0) is 21.0. The van der Waals surface area contributed by atoms with E-state index in [0.717, 1.165) is 4.90 Å². The predicted molar refractivity (Wildman–Crippen MR) is 106 cm³/mol. The molecule has 0 bridgehead atoms. The third kappa shape index (κ3) is 6.31. The molecule has 4 N–H and O–H groups in total. The zero-order valence-electron chi connectivity index (χ0n) is 15.9. The molecule has 30 heavy (non-hydrogen) atoms. The molecule has 0 aliphatic carbocycles. The van der Waals surface area contributed by atoms with E-state index in [-0.39, 0.29) is 44.4 Å². The minimum absolute atomic E-state index is 0. The van der Waals surface area contributed by atoms with Gasteiger partial charge < -0.3 is 16.0 Å². The number of carbonyl (C=O) groups is 3. The molecule has 2 aliphatic rings. The Kier molecular flexibility index (Phi) is 8.04. The summed E-state index contributed by atoms with van der Waals surface area (Å²) in [7, 11) is 0. The number of anilines is 2. The Morgan fingerprint density at radius 1 is 1.23 bits per heavy atom. The lowest BCUT2D eigenvalue weighted by Crippen LogP contribution is -2.59. The van der Waals surface area contributed by atoms with Crippen LogP contribution in [0.4, 0.5) is 24.5 Å². The Bertz CT molecular complexity index is 793. The van der Waals surface area contributed by atoms with Crippen LogP contribution in [0.2, 0.25) is 0 Å². The molecule has 0 radical (unpaired) electrons. The van der Waals surface area contributed by atoms with Crippen LogP contribution >= 0.6 is 12.4 Å². The lowest BCUT2D eigenvalue weighted by atomic mass is 10.1. The van der Waals surface area contributed by atoms with Gasteiger partial charge in [-0.2, -0.15) is 13.2 Å². The number of imide groups is 1. The summed E-state index contributed by atoms with van der Waals surface area (Å²) in [6, 6.07) is 4.24. The molecule has 1 unspecified atom stereocenters. The third-order valence-electron chi connectivity index (χ3n) is 4.81. The summed E-state index contributed by atoms with van der Waals surface area (Å²) in [6.07, 6.45) is -3.84. The molecule has 3 amide bonds. The zero-order valence-corrected chi connectivity index (χ0v) is 16.7. The normalized spacial score (nSPS) is 22.6. The first-order chi connectivity index (χ1) is 13.7. The first-order valence-electron chi connectivity index (χ1n) is 9.24. The summed E-state index contributed by atoms with van der Waals surface area (Å²) in [5.41, 5.74) is 0.943. The maximum absolute atomic E-state index is 13.1. The van der Waals surface area contributed by atoms with Crippen molar-refractivity contribution in [2.24, 2.45) is 0 Å². The molecule has 2 aliphatic heterocycles. The number of piperazine rings is 1. The second-order valence-electron chi connectivity index (χ2n) is 7.01. The van der Waals surface area contributed by atoms with Gasteiger partial charge in [-0.25, -0.2) is 0 Å². The van der Waals surface area contributed by atoms with Crippen LogP contribution in [-0.2, 0) is 14.4 Å². The van der Waals surface area contributed by atoms with Gasteiger partial charge in [-0.3, -0.25) is 24.6 Å². The molecule has 0 spiro atoms. The van der Waals surface area contributed by atoms with Gasteiger partial charge in [-0.15, -0.1) is 12.4 Å². The number of nitrogens with one attached hydrogen (secondary N) is 4. The predicted octanol–water partition coefficient (Wildman–Crippen LogP) is 1.10. The van der Waals surface area contributed by atoms with Crippen molar-refractivity contribution in [2.45, 2.75) is 31.1 Å². The minimum atomic E-state index is -4.42. The van der Waals surface area contributed by atoms with E-state index in [1.54, 1.807) is 24.3 Å². The van der Waals surface area contributed by atoms with Gasteiger partial charge in [0.25, 0.3) is 0 Å². The van der Waals surface area contributed by atoms with Gasteiger partial charge in [0, 0.05) is 37.4 Å². The average molecular weight is 450 g/mol. The van der Waals surface area contributed by atoms with Crippen LogP contribution in [0.25, 0.3) is 0 Å². The second kappa shape index (κ2) is 10.1. The molecule has 12 heteroatoms. The Hall–Kier alpha value is -2.37. The fourth-order valence-electron chi connectivity index (χ4n) is 3.36. The van der Waals surface area contributed by atoms with Crippen molar-refractivity contribution >= 4 is 41.5 Å². The Morgan fingerprint density at radius 3 is 2.67 bits per heavy atom. The second-order valence-corrected chi connectivity index (χ2v) is 7.01. The van der Waals surface area contributed by atoms with E-state index < -0.39 is 30.1 Å². The van der Waals surface area contributed by atoms with Gasteiger partial charge in [0.15, 0.2) is 0 Å².